The maximum absolute atomic E-state index is 12.7. The summed E-state index contributed by atoms with van der Waals surface area (Å²) in [4.78, 5) is 37.1. The number of rotatable bonds is 4. The minimum Gasteiger partial charge on any atom is -0.461 e. The van der Waals surface area contributed by atoms with Gasteiger partial charge in [0.15, 0.2) is 17.3 Å². The third kappa shape index (κ3) is 3.61. The number of epoxide rings is 1. The summed E-state index contributed by atoms with van der Waals surface area (Å²) in [6, 6.07) is 0. The van der Waals surface area contributed by atoms with Crippen molar-refractivity contribution in [3.8, 4) is 0 Å². The monoisotopic (exact) mass is 476 g/mol. The number of hydrogen-bond acceptors (Lipinski definition) is 8. The Labute approximate surface area is 200 Å². The summed E-state index contributed by atoms with van der Waals surface area (Å²) in [5.74, 6) is -2.10. The first-order chi connectivity index (χ1) is 15.9. The van der Waals surface area contributed by atoms with E-state index in [1.165, 1.54) is 6.92 Å². The molecule has 0 aromatic heterocycles. The minimum absolute atomic E-state index is 0.285. The number of aliphatic hydroxyl groups is 1. The SMILES string of the molecule is CCCC(=O)OC1CCC(C)=CC2OC(=O)C3(C)OC23C(O)C2C(C)C(OC(C)=O)C=CC12C. The van der Waals surface area contributed by atoms with E-state index in [0.717, 1.165) is 5.57 Å². The van der Waals surface area contributed by atoms with E-state index in [-0.39, 0.29) is 11.9 Å². The molecular formula is C26H36O8. The number of carbonyl (C=O) groups excluding carboxylic acids is 3. The number of fused-ring (bicyclic) bond motifs is 1. The van der Waals surface area contributed by atoms with E-state index in [0.29, 0.717) is 25.7 Å². The van der Waals surface area contributed by atoms with Gasteiger partial charge in [-0.05, 0) is 45.3 Å². The maximum atomic E-state index is 12.7. The maximum Gasteiger partial charge on any atom is 0.342 e. The Morgan fingerprint density at radius 3 is 2.59 bits per heavy atom. The summed E-state index contributed by atoms with van der Waals surface area (Å²) in [7, 11) is 0. The van der Waals surface area contributed by atoms with Crippen molar-refractivity contribution in [2.24, 2.45) is 17.3 Å². The van der Waals surface area contributed by atoms with Gasteiger partial charge in [0.1, 0.15) is 12.2 Å². The zero-order valence-electron chi connectivity index (χ0n) is 20.8. The molecule has 8 heteroatoms. The molecule has 2 saturated heterocycles. The number of carbonyl (C=O) groups is 3. The van der Waals surface area contributed by atoms with Crippen LogP contribution in [0.3, 0.4) is 0 Å². The Kier molecular flexibility index (Phi) is 6.22. The van der Waals surface area contributed by atoms with Crippen molar-refractivity contribution in [1.82, 2.24) is 0 Å². The number of aliphatic hydroxyl groups excluding tert-OH is 1. The van der Waals surface area contributed by atoms with E-state index in [2.05, 4.69) is 0 Å². The average molecular weight is 477 g/mol. The summed E-state index contributed by atoms with van der Waals surface area (Å²) >= 11 is 0. The first-order valence-electron chi connectivity index (χ1n) is 12.2. The highest BCUT2D eigenvalue weighted by atomic mass is 16.7. The molecule has 0 bridgehead atoms. The third-order valence-electron chi connectivity index (χ3n) is 8.31. The van der Waals surface area contributed by atoms with Gasteiger partial charge in [-0.1, -0.05) is 32.4 Å². The molecule has 0 saturated carbocycles. The van der Waals surface area contributed by atoms with E-state index in [1.807, 2.05) is 45.9 Å². The zero-order chi connectivity index (χ0) is 25.1. The Morgan fingerprint density at radius 2 is 1.97 bits per heavy atom. The summed E-state index contributed by atoms with van der Waals surface area (Å²) in [5.41, 5.74) is -2.35. The van der Waals surface area contributed by atoms with Gasteiger partial charge >= 0.3 is 17.9 Å². The minimum atomic E-state index is -1.26. The van der Waals surface area contributed by atoms with Crippen molar-refractivity contribution < 1.29 is 38.4 Å². The standard InChI is InChI=1S/C26H36O8/c1-7-8-20(28)32-18-10-9-14(2)13-19-26(25(6,34-26)23(30)33-19)22(29)21-15(3)17(31-16(4)27)11-12-24(18,21)5/h11-13,15,17-19,21-22,29H,7-10H2,1-6H3. The highest BCUT2D eigenvalue weighted by Gasteiger charge is 2.85. The molecule has 1 N–H and O–H groups in total. The lowest BCUT2D eigenvalue weighted by atomic mass is 9.57. The zero-order valence-corrected chi connectivity index (χ0v) is 20.8. The van der Waals surface area contributed by atoms with Gasteiger partial charge in [-0.3, -0.25) is 9.59 Å². The van der Waals surface area contributed by atoms with E-state index in [4.69, 9.17) is 18.9 Å². The molecule has 2 aliphatic carbocycles. The van der Waals surface area contributed by atoms with Gasteiger partial charge in [-0.2, -0.15) is 0 Å². The van der Waals surface area contributed by atoms with Crippen LogP contribution in [0.1, 0.15) is 67.2 Å². The van der Waals surface area contributed by atoms with E-state index >= 15 is 0 Å². The molecule has 2 heterocycles. The van der Waals surface area contributed by atoms with Crippen molar-refractivity contribution in [3.63, 3.8) is 0 Å². The quantitative estimate of drug-likeness (QED) is 0.285. The molecular weight excluding hydrogens is 440 g/mol. The second-order valence-electron chi connectivity index (χ2n) is 10.7. The van der Waals surface area contributed by atoms with Gasteiger partial charge in [0.2, 0.25) is 0 Å². The van der Waals surface area contributed by atoms with Gasteiger partial charge in [-0.15, -0.1) is 0 Å². The smallest absolute Gasteiger partial charge is 0.342 e. The number of ether oxygens (including phenoxy) is 4. The van der Waals surface area contributed by atoms with Crippen LogP contribution in [-0.4, -0.2) is 58.6 Å². The van der Waals surface area contributed by atoms with Crippen molar-refractivity contribution >= 4 is 17.9 Å². The van der Waals surface area contributed by atoms with Crippen LogP contribution >= 0.6 is 0 Å². The molecule has 0 radical (unpaired) electrons. The second-order valence-corrected chi connectivity index (χ2v) is 10.7. The fourth-order valence-electron chi connectivity index (χ4n) is 6.36. The molecule has 2 aliphatic heterocycles. The van der Waals surface area contributed by atoms with Crippen LogP contribution in [0.5, 0.6) is 0 Å². The van der Waals surface area contributed by atoms with Crippen LogP contribution < -0.4 is 0 Å². The first-order valence-corrected chi connectivity index (χ1v) is 12.2. The molecule has 2 fully saturated rings. The second kappa shape index (κ2) is 8.48. The van der Waals surface area contributed by atoms with Gasteiger partial charge < -0.3 is 24.1 Å². The van der Waals surface area contributed by atoms with Gasteiger partial charge in [-0.25, -0.2) is 4.79 Å². The van der Waals surface area contributed by atoms with Crippen molar-refractivity contribution in [2.75, 3.05) is 0 Å². The topological polar surface area (TPSA) is 112 Å². The summed E-state index contributed by atoms with van der Waals surface area (Å²) in [6.45, 7) is 10.7. The van der Waals surface area contributed by atoms with Crippen LogP contribution in [0.4, 0.5) is 0 Å². The van der Waals surface area contributed by atoms with E-state index in [1.54, 1.807) is 6.92 Å². The lowest BCUT2D eigenvalue weighted by Crippen LogP contribution is -2.59. The molecule has 8 nitrogen and oxygen atoms in total. The summed E-state index contributed by atoms with van der Waals surface area (Å²) in [6.07, 6.45) is 4.74. The first kappa shape index (κ1) is 24.9. The Morgan fingerprint density at radius 1 is 1.26 bits per heavy atom. The molecule has 0 aromatic rings. The molecule has 0 amide bonds. The van der Waals surface area contributed by atoms with Crippen LogP contribution in [0, 0.1) is 17.3 Å². The Bertz CT molecular complexity index is 939. The molecule has 1 spiro atoms. The Balaban J connectivity index is 1.83. The fraction of sp³-hybridized carbons (Fsp3) is 0.731. The normalized spacial score (nSPS) is 45.1. The van der Waals surface area contributed by atoms with E-state index < -0.39 is 58.9 Å². The lowest BCUT2D eigenvalue weighted by molar-refractivity contribution is -0.173. The predicted molar refractivity (Wildman–Crippen MR) is 121 cm³/mol. The van der Waals surface area contributed by atoms with Crippen LogP contribution in [0.15, 0.2) is 23.8 Å². The number of hydrogen-bond donors (Lipinski definition) is 1. The molecule has 9 atom stereocenters. The van der Waals surface area contributed by atoms with Crippen molar-refractivity contribution in [1.29, 1.82) is 0 Å². The van der Waals surface area contributed by atoms with Crippen LogP contribution in [0.25, 0.3) is 0 Å². The molecule has 188 valence electrons. The number of allylic oxidation sites excluding steroid dienone is 1. The van der Waals surface area contributed by atoms with Gasteiger partial charge in [0.25, 0.3) is 0 Å². The molecule has 34 heavy (non-hydrogen) atoms. The predicted octanol–water partition coefficient (Wildman–Crippen LogP) is 3.01. The van der Waals surface area contributed by atoms with Crippen molar-refractivity contribution in [2.45, 2.75) is 103 Å². The van der Waals surface area contributed by atoms with Crippen LogP contribution in [-0.2, 0) is 33.3 Å². The number of esters is 3. The summed E-state index contributed by atoms with van der Waals surface area (Å²) < 4.78 is 23.3. The van der Waals surface area contributed by atoms with Crippen LogP contribution in [0.2, 0.25) is 0 Å². The Hall–Kier alpha value is -2.19. The third-order valence-corrected chi connectivity index (χ3v) is 8.31. The molecule has 4 aliphatic rings. The van der Waals surface area contributed by atoms with Gasteiger partial charge in [0.05, 0.1) is 6.10 Å². The average Bonchev–Trinajstić information content (AvgIpc) is 3.34. The van der Waals surface area contributed by atoms with E-state index in [9.17, 15) is 19.5 Å². The highest BCUT2D eigenvalue weighted by Crippen LogP contribution is 2.64. The summed E-state index contributed by atoms with van der Waals surface area (Å²) in [5, 5.41) is 12.0. The van der Waals surface area contributed by atoms with Crippen molar-refractivity contribution in [3.05, 3.63) is 23.8 Å². The largest absolute Gasteiger partial charge is 0.461 e. The van der Waals surface area contributed by atoms with Gasteiger partial charge in [0, 0.05) is 30.6 Å². The molecule has 0 aromatic carbocycles. The molecule has 4 rings (SSSR count). The fourth-order valence-corrected chi connectivity index (χ4v) is 6.36. The molecule has 9 unspecified atom stereocenters. The lowest BCUT2D eigenvalue weighted by Gasteiger charge is -2.51. The highest BCUT2D eigenvalue weighted by molar-refractivity contribution is 5.88.